The van der Waals surface area contributed by atoms with Crippen molar-refractivity contribution < 1.29 is 8.42 Å². The standard InChI is InChI=1S/C14H12N6O2S2/c1-8-7-9(2)16-12(15-8)19-24(21,22)14-18-17-13-20(14)10-5-3-4-6-11(10)23-13/h3-7H,1-2H3,(H,15,16,19). The van der Waals surface area contributed by atoms with Crippen LogP contribution >= 0.6 is 11.3 Å². The summed E-state index contributed by atoms with van der Waals surface area (Å²) in [4.78, 5) is 8.72. The first kappa shape index (κ1) is 15.0. The number of nitrogens with one attached hydrogen (secondary N) is 1. The summed E-state index contributed by atoms with van der Waals surface area (Å²) in [6.45, 7) is 3.54. The van der Waals surface area contributed by atoms with E-state index in [-0.39, 0.29) is 11.1 Å². The SMILES string of the molecule is Cc1cc(C)nc(NS(=O)(=O)c2nnc3sc4ccccc4n23)n1. The van der Waals surface area contributed by atoms with Crippen LogP contribution in [-0.4, -0.2) is 33.0 Å². The molecule has 0 aliphatic rings. The molecule has 24 heavy (non-hydrogen) atoms. The summed E-state index contributed by atoms with van der Waals surface area (Å²) < 4.78 is 30.3. The van der Waals surface area contributed by atoms with Gasteiger partial charge in [-0.25, -0.2) is 14.7 Å². The molecule has 0 spiro atoms. The highest BCUT2D eigenvalue weighted by molar-refractivity contribution is 7.92. The average molecular weight is 360 g/mol. The van der Waals surface area contributed by atoms with Crippen LogP contribution in [0.2, 0.25) is 0 Å². The molecule has 0 atom stereocenters. The fourth-order valence-electron chi connectivity index (χ4n) is 2.47. The van der Waals surface area contributed by atoms with Crippen molar-refractivity contribution in [2.75, 3.05) is 4.72 Å². The van der Waals surface area contributed by atoms with Gasteiger partial charge in [-0.05, 0) is 32.0 Å². The Morgan fingerprint density at radius 3 is 2.54 bits per heavy atom. The Labute approximate surface area is 141 Å². The van der Waals surface area contributed by atoms with Gasteiger partial charge in [0.2, 0.25) is 10.9 Å². The van der Waals surface area contributed by atoms with Crippen LogP contribution in [0.3, 0.4) is 0 Å². The number of thiazole rings is 1. The maximum absolute atomic E-state index is 12.7. The number of aromatic nitrogens is 5. The lowest BCUT2D eigenvalue weighted by atomic mass is 10.3. The monoisotopic (exact) mass is 360 g/mol. The predicted molar refractivity (Wildman–Crippen MR) is 90.7 cm³/mol. The molecule has 10 heteroatoms. The summed E-state index contributed by atoms with van der Waals surface area (Å²) in [5.74, 6) is 0.0174. The first-order valence-corrected chi connectivity index (χ1v) is 9.32. The lowest BCUT2D eigenvalue weighted by Gasteiger charge is -2.06. The van der Waals surface area contributed by atoms with E-state index in [2.05, 4.69) is 24.9 Å². The molecule has 3 heterocycles. The minimum absolute atomic E-state index is 0.0174. The Hall–Kier alpha value is -2.59. The Morgan fingerprint density at radius 2 is 1.79 bits per heavy atom. The number of hydrogen-bond donors (Lipinski definition) is 1. The lowest BCUT2D eigenvalue weighted by Crippen LogP contribution is -2.18. The van der Waals surface area contributed by atoms with Crippen LogP contribution in [-0.2, 0) is 10.0 Å². The number of anilines is 1. The van der Waals surface area contributed by atoms with E-state index in [1.54, 1.807) is 19.9 Å². The van der Waals surface area contributed by atoms with Crippen molar-refractivity contribution in [2.24, 2.45) is 0 Å². The van der Waals surface area contributed by atoms with Crippen LogP contribution in [0.1, 0.15) is 11.4 Å². The average Bonchev–Trinajstić information content (AvgIpc) is 3.04. The Balaban J connectivity index is 1.86. The first-order chi connectivity index (χ1) is 11.4. The summed E-state index contributed by atoms with van der Waals surface area (Å²) >= 11 is 1.38. The van der Waals surface area contributed by atoms with Crippen molar-refractivity contribution in [3.8, 4) is 0 Å². The molecule has 0 radical (unpaired) electrons. The molecule has 0 aliphatic carbocycles. The normalized spacial score (nSPS) is 12.1. The van der Waals surface area contributed by atoms with Gasteiger partial charge in [0.15, 0.2) is 0 Å². The molecule has 4 rings (SSSR count). The van der Waals surface area contributed by atoms with E-state index in [0.717, 1.165) is 10.2 Å². The summed E-state index contributed by atoms with van der Waals surface area (Å²) in [6, 6.07) is 9.23. The number of hydrogen-bond acceptors (Lipinski definition) is 7. The number of fused-ring (bicyclic) bond motifs is 3. The molecule has 0 saturated carbocycles. The van der Waals surface area contributed by atoms with E-state index in [4.69, 9.17) is 0 Å². The molecule has 0 amide bonds. The zero-order chi connectivity index (χ0) is 16.9. The molecule has 0 unspecified atom stereocenters. The minimum Gasteiger partial charge on any atom is -0.255 e. The molecule has 0 aliphatic heterocycles. The fraction of sp³-hybridized carbons (Fsp3) is 0.143. The molecule has 8 nitrogen and oxygen atoms in total. The molecule has 122 valence electrons. The molecular formula is C14H12N6O2S2. The van der Waals surface area contributed by atoms with Crippen LogP contribution in [0.5, 0.6) is 0 Å². The van der Waals surface area contributed by atoms with Crippen LogP contribution in [0.15, 0.2) is 35.5 Å². The van der Waals surface area contributed by atoms with Gasteiger partial charge in [0.05, 0.1) is 10.2 Å². The molecule has 3 aromatic heterocycles. The number of nitrogens with zero attached hydrogens (tertiary/aromatic N) is 5. The Kier molecular flexibility index (Phi) is 3.25. The van der Waals surface area contributed by atoms with Crippen LogP contribution < -0.4 is 4.72 Å². The van der Waals surface area contributed by atoms with Crippen molar-refractivity contribution in [3.05, 3.63) is 41.7 Å². The third kappa shape index (κ3) is 2.39. The van der Waals surface area contributed by atoms with Crippen LogP contribution in [0.25, 0.3) is 15.2 Å². The first-order valence-electron chi connectivity index (χ1n) is 7.02. The predicted octanol–water partition coefficient (Wildman–Crippen LogP) is 2.15. The number of rotatable bonds is 3. The molecule has 0 bridgehead atoms. The Bertz CT molecular complexity index is 1160. The summed E-state index contributed by atoms with van der Waals surface area (Å²) in [5.41, 5.74) is 2.09. The van der Waals surface area contributed by atoms with Gasteiger partial charge in [-0.15, -0.1) is 10.2 Å². The molecular weight excluding hydrogens is 348 g/mol. The van der Waals surface area contributed by atoms with Gasteiger partial charge in [0.25, 0.3) is 15.2 Å². The molecule has 4 aromatic rings. The third-order valence-corrected chi connectivity index (χ3v) is 5.57. The van der Waals surface area contributed by atoms with Gasteiger partial charge in [-0.2, -0.15) is 8.42 Å². The number of para-hydroxylation sites is 1. The maximum atomic E-state index is 12.7. The van der Waals surface area contributed by atoms with E-state index >= 15 is 0 Å². The van der Waals surface area contributed by atoms with E-state index in [9.17, 15) is 8.42 Å². The van der Waals surface area contributed by atoms with Crippen molar-refractivity contribution in [2.45, 2.75) is 19.0 Å². The van der Waals surface area contributed by atoms with Crippen molar-refractivity contribution >= 4 is 42.5 Å². The van der Waals surface area contributed by atoms with Gasteiger partial charge in [-0.1, -0.05) is 23.5 Å². The second kappa shape index (κ2) is 5.21. The lowest BCUT2D eigenvalue weighted by molar-refractivity contribution is 0.591. The van der Waals surface area contributed by atoms with Gasteiger partial charge in [0.1, 0.15) is 0 Å². The van der Waals surface area contributed by atoms with Crippen molar-refractivity contribution in [3.63, 3.8) is 0 Å². The van der Waals surface area contributed by atoms with E-state index in [1.165, 1.54) is 15.7 Å². The zero-order valence-corrected chi connectivity index (χ0v) is 14.4. The number of sulfonamides is 1. The highest BCUT2D eigenvalue weighted by Crippen LogP contribution is 2.27. The highest BCUT2D eigenvalue weighted by atomic mass is 32.2. The largest absolute Gasteiger partial charge is 0.300 e. The molecule has 1 N–H and O–H groups in total. The maximum Gasteiger partial charge on any atom is 0.300 e. The summed E-state index contributed by atoms with van der Waals surface area (Å²) in [7, 11) is -3.97. The van der Waals surface area contributed by atoms with Crippen molar-refractivity contribution in [1.29, 1.82) is 0 Å². The van der Waals surface area contributed by atoms with E-state index < -0.39 is 10.0 Å². The van der Waals surface area contributed by atoms with Gasteiger partial charge >= 0.3 is 0 Å². The third-order valence-electron chi connectivity index (χ3n) is 3.36. The topological polar surface area (TPSA) is 102 Å². The van der Waals surface area contributed by atoms with E-state index in [0.29, 0.717) is 16.3 Å². The van der Waals surface area contributed by atoms with Crippen LogP contribution in [0, 0.1) is 13.8 Å². The van der Waals surface area contributed by atoms with Gasteiger partial charge < -0.3 is 0 Å². The summed E-state index contributed by atoms with van der Waals surface area (Å²) in [6.07, 6.45) is 0. The second-order valence-electron chi connectivity index (χ2n) is 5.25. The quantitative estimate of drug-likeness (QED) is 0.600. The molecule has 0 fully saturated rings. The number of benzene rings is 1. The van der Waals surface area contributed by atoms with Gasteiger partial charge in [-0.3, -0.25) is 4.40 Å². The summed E-state index contributed by atoms with van der Waals surface area (Å²) in [5, 5.41) is 7.62. The van der Waals surface area contributed by atoms with Crippen LogP contribution in [0.4, 0.5) is 5.95 Å². The second-order valence-corrected chi connectivity index (χ2v) is 7.84. The minimum atomic E-state index is -3.97. The number of aryl methyl sites for hydroxylation is 2. The van der Waals surface area contributed by atoms with Crippen molar-refractivity contribution in [1.82, 2.24) is 24.6 Å². The smallest absolute Gasteiger partial charge is 0.255 e. The molecule has 0 saturated heterocycles. The zero-order valence-electron chi connectivity index (χ0n) is 12.8. The van der Waals surface area contributed by atoms with E-state index in [1.807, 2.05) is 24.3 Å². The Morgan fingerprint density at radius 1 is 1.08 bits per heavy atom. The van der Waals surface area contributed by atoms with Gasteiger partial charge in [0, 0.05) is 11.4 Å². The molecule has 1 aromatic carbocycles. The highest BCUT2D eigenvalue weighted by Gasteiger charge is 2.25. The fourth-order valence-corrected chi connectivity index (χ4v) is 4.49.